The highest BCUT2D eigenvalue weighted by molar-refractivity contribution is 5.81. The summed E-state index contributed by atoms with van der Waals surface area (Å²) in [4.78, 5) is 20.6. The molecule has 1 aromatic heterocycles. The predicted molar refractivity (Wildman–Crippen MR) is 122 cm³/mol. The molecule has 2 aromatic carbocycles. The summed E-state index contributed by atoms with van der Waals surface area (Å²) >= 11 is 0. The first-order chi connectivity index (χ1) is 15.4. The van der Waals surface area contributed by atoms with E-state index in [1.165, 1.54) is 12.1 Å². The monoisotopic (exact) mass is 432 g/mol. The fourth-order valence-corrected chi connectivity index (χ4v) is 4.22. The van der Waals surface area contributed by atoms with E-state index < -0.39 is 5.82 Å². The molecular formula is C25H25FN4O2. The van der Waals surface area contributed by atoms with E-state index in [1.807, 2.05) is 6.07 Å². The van der Waals surface area contributed by atoms with E-state index >= 15 is 0 Å². The van der Waals surface area contributed by atoms with Gasteiger partial charge in [0.25, 0.3) is 5.56 Å². The smallest absolute Gasteiger partial charge is 0.263 e. The van der Waals surface area contributed by atoms with Crippen molar-refractivity contribution in [3.8, 4) is 34.2 Å². The summed E-state index contributed by atoms with van der Waals surface area (Å²) < 4.78 is 21.3. The molecule has 0 unspecified atom stereocenters. The molecule has 0 amide bonds. The van der Waals surface area contributed by atoms with Crippen molar-refractivity contribution in [3.05, 3.63) is 64.2 Å². The molecule has 2 heterocycles. The Kier molecular flexibility index (Phi) is 5.95. The van der Waals surface area contributed by atoms with Crippen molar-refractivity contribution < 1.29 is 9.13 Å². The predicted octanol–water partition coefficient (Wildman–Crippen LogP) is 4.37. The van der Waals surface area contributed by atoms with Crippen molar-refractivity contribution in [2.75, 3.05) is 25.1 Å². The number of aromatic nitrogens is 2. The Morgan fingerprint density at radius 2 is 1.91 bits per heavy atom. The molecule has 0 saturated carbocycles. The lowest BCUT2D eigenvalue weighted by Crippen LogP contribution is -2.39. The van der Waals surface area contributed by atoms with Crippen LogP contribution in [0, 0.1) is 23.1 Å². The van der Waals surface area contributed by atoms with Crippen LogP contribution in [0.2, 0.25) is 0 Å². The van der Waals surface area contributed by atoms with Crippen molar-refractivity contribution >= 4 is 5.95 Å². The van der Waals surface area contributed by atoms with Crippen LogP contribution in [0.5, 0.6) is 5.75 Å². The second-order valence-corrected chi connectivity index (χ2v) is 8.23. The van der Waals surface area contributed by atoms with Gasteiger partial charge in [0.1, 0.15) is 17.6 Å². The van der Waals surface area contributed by atoms with Gasteiger partial charge in [-0.25, -0.2) is 9.37 Å². The molecular weight excluding hydrogens is 407 g/mol. The summed E-state index contributed by atoms with van der Waals surface area (Å²) in [5.41, 5.74) is 1.64. The molecule has 0 N–H and O–H groups in total. The largest absolute Gasteiger partial charge is 0.497 e. The van der Waals surface area contributed by atoms with Gasteiger partial charge in [0, 0.05) is 25.7 Å². The van der Waals surface area contributed by atoms with Gasteiger partial charge >= 0.3 is 0 Å². The van der Waals surface area contributed by atoms with Crippen LogP contribution in [0.25, 0.3) is 22.4 Å². The van der Waals surface area contributed by atoms with Gasteiger partial charge < -0.3 is 9.64 Å². The quantitative estimate of drug-likeness (QED) is 0.612. The van der Waals surface area contributed by atoms with E-state index in [4.69, 9.17) is 15.0 Å². The molecule has 0 aliphatic carbocycles. The Labute approximate surface area is 186 Å². The number of nitrogens with zero attached hydrogens (tertiary/aromatic N) is 4. The van der Waals surface area contributed by atoms with Crippen molar-refractivity contribution in [1.29, 1.82) is 5.26 Å². The lowest BCUT2D eigenvalue weighted by molar-refractivity contribution is 0.415. The van der Waals surface area contributed by atoms with Crippen LogP contribution in [0.15, 0.2) is 47.3 Å². The minimum absolute atomic E-state index is 0.0475. The molecule has 164 valence electrons. The average Bonchev–Trinajstić information content (AvgIpc) is 2.80. The number of halogens is 1. The molecule has 3 aromatic rings. The second kappa shape index (κ2) is 8.83. The van der Waals surface area contributed by atoms with E-state index in [-0.39, 0.29) is 11.1 Å². The number of hydrogen-bond acceptors (Lipinski definition) is 5. The number of anilines is 1. The van der Waals surface area contributed by atoms with E-state index in [0.29, 0.717) is 40.0 Å². The van der Waals surface area contributed by atoms with Gasteiger partial charge in [-0.05, 0) is 48.6 Å². The topological polar surface area (TPSA) is 71.2 Å². The summed E-state index contributed by atoms with van der Waals surface area (Å²) in [6.07, 6.45) is 2.17. The molecule has 0 spiro atoms. The van der Waals surface area contributed by atoms with Crippen molar-refractivity contribution in [1.82, 2.24) is 9.55 Å². The normalized spacial score (nSPS) is 16.0. The summed E-state index contributed by atoms with van der Waals surface area (Å²) in [7, 11) is 3.30. The minimum Gasteiger partial charge on any atom is -0.497 e. The lowest BCUT2D eigenvalue weighted by Gasteiger charge is -2.33. The zero-order chi connectivity index (χ0) is 22.8. The standard InChI is InChI=1S/C25H25FN4O2/c1-16-5-4-12-30(15-16)25-28-23(18-6-7-19(14-27)21(26)13-18)22(24(31)29(25)2)17-8-10-20(32-3)11-9-17/h6-11,13,16H,4-5,12,15H2,1-3H3/t16-/m0/s1. The maximum atomic E-state index is 14.5. The van der Waals surface area contributed by atoms with Gasteiger partial charge in [-0.1, -0.05) is 25.1 Å². The summed E-state index contributed by atoms with van der Waals surface area (Å²) in [5, 5.41) is 9.10. The fraction of sp³-hybridized carbons (Fsp3) is 0.320. The molecule has 32 heavy (non-hydrogen) atoms. The van der Waals surface area contributed by atoms with E-state index in [0.717, 1.165) is 25.9 Å². The first-order valence-electron chi connectivity index (χ1n) is 10.6. The molecule has 1 atom stereocenters. The molecule has 7 heteroatoms. The van der Waals surface area contributed by atoms with Gasteiger partial charge in [-0.15, -0.1) is 0 Å². The van der Waals surface area contributed by atoms with Gasteiger partial charge in [-0.2, -0.15) is 5.26 Å². The third kappa shape index (κ3) is 3.96. The molecule has 0 bridgehead atoms. The summed E-state index contributed by atoms with van der Waals surface area (Å²) in [5.74, 6) is 1.10. The molecule has 6 nitrogen and oxygen atoms in total. The van der Waals surface area contributed by atoms with E-state index in [1.54, 1.807) is 49.1 Å². The maximum Gasteiger partial charge on any atom is 0.263 e. The first-order valence-corrected chi connectivity index (χ1v) is 10.6. The molecule has 1 saturated heterocycles. The zero-order valence-corrected chi connectivity index (χ0v) is 18.4. The van der Waals surface area contributed by atoms with Crippen LogP contribution >= 0.6 is 0 Å². The molecule has 0 radical (unpaired) electrons. The Morgan fingerprint density at radius 1 is 1.19 bits per heavy atom. The Hall–Kier alpha value is -3.66. The number of piperidine rings is 1. The van der Waals surface area contributed by atoms with E-state index in [2.05, 4.69) is 11.8 Å². The van der Waals surface area contributed by atoms with E-state index in [9.17, 15) is 9.18 Å². The van der Waals surface area contributed by atoms with Gasteiger partial charge in [0.05, 0.1) is 23.9 Å². The number of nitriles is 1. The van der Waals surface area contributed by atoms with Crippen LogP contribution in [0.4, 0.5) is 10.3 Å². The summed E-state index contributed by atoms with van der Waals surface area (Å²) in [6, 6.07) is 13.3. The van der Waals surface area contributed by atoms with Crippen molar-refractivity contribution in [2.45, 2.75) is 19.8 Å². The first kappa shape index (κ1) is 21.6. The average molecular weight is 432 g/mol. The van der Waals surface area contributed by atoms with Crippen LogP contribution in [-0.2, 0) is 7.05 Å². The van der Waals surface area contributed by atoms with Crippen LogP contribution in [0.1, 0.15) is 25.3 Å². The van der Waals surface area contributed by atoms with Crippen molar-refractivity contribution in [3.63, 3.8) is 0 Å². The number of ether oxygens (including phenoxy) is 1. The van der Waals surface area contributed by atoms with Crippen LogP contribution in [0.3, 0.4) is 0 Å². The minimum atomic E-state index is -0.638. The fourth-order valence-electron chi connectivity index (χ4n) is 4.22. The Morgan fingerprint density at radius 3 is 2.53 bits per heavy atom. The highest BCUT2D eigenvalue weighted by Crippen LogP contribution is 2.32. The highest BCUT2D eigenvalue weighted by atomic mass is 19.1. The number of benzene rings is 2. The second-order valence-electron chi connectivity index (χ2n) is 8.23. The highest BCUT2D eigenvalue weighted by Gasteiger charge is 2.24. The van der Waals surface area contributed by atoms with Gasteiger partial charge in [0.15, 0.2) is 0 Å². The third-order valence-electron chi connectivity index (χ3n) is 5.95. The maximum absolute atomic E-state index is 14.5. The van der Waals surface area contributed by atoms with Gasteiger partial charge in [-0.3, -0.25) is 9.36 Å². The summed E-state index contributed by atoms with van der Waals surface area (Å²) in [6.45, 7) is 3.81. The Bertz CT molecular complexity index is 1240. The van der Waals surface area contributed by atoms with Crippen molar-refractivity contribution in [2.24, 2.45) is 13.0 Å². The lowest BCUT2D eigenvalue weighted by atomic mass is 9.98. The molecule has 1 fully saturated rings. The number of hydrogen-bond donors (Lipinski definition) is 0. The number of methoxy groups -OCH3 is 1. The SMILES string of the molecule is COc1ccc(-c2c(-c3ccc(C#N)c(F)c3)nc(N3CCC[C@H](C)C3)n(C)c2=O)cc1. The third-order valence-corrected chi connectivity index (χ3v) is 5.95. The van der Waals surface area contributed by atoms with Crippen LogP contribution in [-0.4, -0.2) is 29.8 Å². The van der Waals surface area contributed by atoms with Crippen LogP contribution < -0.4 is 15.2 Å². The van der Waals surface area contributed by atoms with Gasteiger partial charge in [0.2, 0.25) is 5.95 Å². The molecule has 1 aliphatic rings. The number of rotatable bonds is 4. The Balaban J connectivity index is 1.95. The molecule has 1 aliphatic heterocycles. The zero-order valence-electron chi connectivity index (χ0n) is 18.4. The molecule has 4 rings (SSSR count).